The summed E-state index contributed by atoms with van der Waals surface area (Å²) < 4.78 is 26.8. The third-order valence-electron chi connectivity index (χ3n) is 4.47. The maximum Gasteiger partial charge on any atom is 0.218 e. The molecule has 1 aromatic rings. The van der Waals surface area contributed by atoms with Crippen molar-refractivity contribution in [1.29, 1.82) is 0 Å². The molecule has 2 fully saturated rings. The fraction of sp³-hybridized carbons (Fsp3) is 0.600. The zero-order valence-corrected chi connectivity index (χ0v) is 13.6. The van der Waals surface area contributed by atoms with Gasteiger partial charge in [0.1, 0.15) is 0 Å². The Morgan fingerprint density at radius 1 is 1.10 bits per heavy atom. The monoisotopic (exact) mass is 328 g/mol. The van der Waals surface area contributed by atoms with Crippen molar-refractivity contribution in [2.24, 2.45) is 0 Å². The summed E-state index contributed by atoms with van der Waals surface area (Å²) in [6.07, 6.45) is 2.31. The van der Waals surface area contributed by atoms with E-state index in [0.717, 1.165) is 30.6 Å². The van der Waals surface area contributed by atoms with Crippen LogP contribution in [0, 0.1) is 0 Å². The van der Waals surface area contributed by atoms with Crippen LogP contribution < -0.4 is 0 Å². The number of nitrogens with zero attached hydrogens (tertiary/aromatic N) is 2. The van der Waals surface area contributed by atoms with Gasteiger partial charge in [0.25, 0.3) is 0 Å². The number of piperazine rings is 1. The molecule has 1 aromatic carbocycles. The average molecular weight is 329 g/mol. The molecule has 1 unspecified atom stereocenters. The second-order valence-electron chi connectivity index (χ2n) is 5.90. The van der Waals surface area contributed by atoms with Crippen molar-refractivity contribution in [2.45, 2.75) is 30.5 Å². The van der Waals surface area contributed by atoms with Gasteiger partial charge in [-0.2, -0.15) is 4.31 Å². The molecule has 0 saturated carbocycles. The van der Waals surface area contributed by atoms with Crippen LogP contribution in [0.25, 0.3) is 0 Å². The minimum atomic E-state index is -3.22. The molecule has 2 saturated heterocycles. The van der Waals surface area contributed by atoms with Gasteiger partial charge in [-0.3, -0.25) is 4.90 Å². The van der Waals surface area contributed by atoms with Crippen molar-refractivity contribution >= 4 is 21.6 Å². The highest BCUT2D eigenvalue weighted by molar-refractivity contribution is 7.88. The van der Waals surface area contributed by atoms with Crippen LogP contribution in [0.2, 0.25) is 0 Å². The van der Waals surface area contributed by atoms with E-state index >= 15 is 0 Å². The number of hydrogen-bond donors (Lipinski definition) is 0. The first-order chi connectivity index (χ1) is 10.1. The molecular formula is C15H21ClN2O2S. The number of sulfonamides is 1. The highest BCUT2D eigenvalue weighted by Crippen LogP contribution is 2.24. The van der Waals surface area contributed by atoms with Crippen LogP contribution in [-0.4, -0.2) is 49.8 Å². The van der Waals surface area contributed by atoms with Crippen LogP contribution in [0.5, 0.6) is 0 Å². The average Bonchev–Trinajstić information content (AvgIpc) is 2.95. The third kappa shape index (κ3) is 3.42. The van der Waals surface area contributed by atoms with Crippen LogP contribution in [-0.2, 0) is 21.7 Å². The van der Waals surface area contributed by atoms with Gasteiger partial charge in [-0.25, -0.2) is 8.42 Å². The molecule has 0 aliphatic carbocycles. The van der Waals surface area contributed by atoms with E-state index in [0.29, 0.717) is 25.0 Å². The predicted molar refractivity (Wildman–Crippen MR) is 84.8 cm³/mol. The molecule has 2 aliphatic rings. The number of halogens is 1. The van der Waals surface area contributed by atoms with E-state index in [4.69, 9.17) is 11.6 Å². The number of alkyl halides is 1. The van der Waals surface area contributed by atoms with Gasteiger partial charge < -0.3 is 0 Å². The van der Waals surface area contributed by atoms with Crippen LogP contribution in [0.3, 0.4) is 0 Å². The van der Waals surface area contributed by atoms with Crippen LogP contribution in [0.1, 0.15) is 24.0 Å². The molecule has 6 heteroatoms. The van der Waals surface area contributed by atoms with Crippen molar-refractivity contribution in [2.75, 3.05) is 26.2 Å². The fourth-order valence-electron chi connectivity index (χ4n) is 3.24. The summed E-state index contributed by atoms with van der Waals surface area (Å²) in [4.78, 5) is 2.42. The molecule has 3 rings (SSSR count). The van der Waals surface area contributed by atoms with Gasteiger partial charge in [-0.15, -0.1) is 11.6 Å². The maximum atomic E-state index is 12.6. The number of fused-ring (bicyclic) bond motifs is 1. The van der Waals surface area contributed by atoms with E-state index in [1.165, 1.54) is 6.42 Å². The largest absolute Gasteiger partial charge is 0.298 e. The summed E-state index contributed by atoms with van der Waals surface area (Å²) in [5, 5.41) is 0. The normalized spacial score (nSPS) is 24.1. The minimum Gasteiger partial charge on any atom is -0.298 e. The molecule has 0 radical (unpaired) electrons. The van der Waals surface area contributed by atoms with Crippen molar-refractivity contribution in [3.8, 4) is 0 Å². The molecule has 0 spiro atoms. The molecule has 116 valence electrons. The van der Waals surface area contributed by atoms with Crippen LogP contribution in [0.15, 0.2) is 24.3 Å². The Morgan fingerprint density at radius 3 is 2.52 bits per heavy atom. The Labute approximate surface area is 131 Å². The quantitative estimate of drug-likeness (QED) is 0.794. The SMILES string of the molecule is O=S(=O)(Cc1ccc(CCl)cc1)N1CCN2CCCC2C1. The lowest BCUT2D eigenvalue weighted by atomic mass is 10.2. The van der Waals surface area contributed by atoms with Crippen molar-refractivity contribution in [1.82, 2.24) is 9.21 Å². The summed E-state index contributed by atoms with van der Waals surface area (Å²) in [5.74, 6) is 0.541. The van der Waals surface area contributed by atoms with Crippen LogP contribution in [0.4, 0.5) is 0 Å². The fourth-order valence-corrected chi connectivity index (χ4v) is 4.98. The Balaban J connectivity index is 1.68. The summed E-state index contributed by atoms with van der Waals surface area (Å²) in [6.45, 7) is 3.27. The van der Waals surface area contributed by atoms with E-state index in [9.17, 15) is 8.42 Å². The lowest BCUT2D eigenvalue weighted by Gasteiger charge is -2.36. The summed E-state index contributed by atoms with van der Waals surface area (Å²) in [5.41, 5.74) is 1.84. The first-order valence-electron chi connectivity index (χ1n) is 7.44. The second kappa shape index (κ2) is 6.24. The number of rotatable bonds is 4. The summed E-state index contributed by atoms with van der Waals surface area (Å²) in [6, 6.07) is 7.94. The van der Waals surface area contributed by atoms with Gasteiger partial charge in [0, 0.05) is 31.6 Å². The van der Waals surface area contributed by atoms with Gasteiger partial charge in [-0.05, 0) is 30.5 Å². The Kier molecular flexibility index (Phi) is 4.54. The van der Waals surface area contributed by atoms with E-state index in [2.05, 4.69) is 4.90 Å². The Bertz CT molecular complexity index is 588. The molecule has 0 amide bonds. The predicted octanol–water partition coefficient (Wildman–Crippen LogP) is 2.04. The molecule has 2 heterocycles. The van der Waals surface area contributed by atoms with E-state index in [1.54, 1.807) is 4.31 Å². The minimum absolute atomic E-state index is 0.0856. The first kappa shape index (κ1) is 15.3. The number of hydrogen-bond acceptors (Lipinski definition) is 3. The second-order valence-corrected chi connectivity index (χ2v) is 8.13. The Hall–Kier alpha value is -0.620. The van der Waals surface area contributed by atoms with Crippen molar-refractivity contribution in [3.63, 3.8) is 0 Å². The highest BCUT2D eigenvalue weighted by atomic mass is 35.5. The zero-order valence-electron chi connectivity index (χ0n) is 12.0. The Morgan fingerprint density at radius 2 is 1.81 bits per heavy atom. The van der Waals surface area contributed by atoms with Gasteiger partial charge >= 0.3 is 0 Å². The van der Waals surface area contributed by atoms with Gasteiger partial charge in [0.2, 0.25) is 10.0 Å². The summed E-state index contributed by atoms with van der Waals surface area (Å²) in [7, 11) is -3.22. The lowest BCUT2D eigenvalue weighted by Crippen LogP contribution is -2.52. The lowest BCUT2D eigenvalue weighted by molar-refractivity contribution is 0.158. The maximum absolute atomic E-state index is 12.6. The molecule has 2 aliphatic heterocycles. The van der Waals surface area contributed by atoms with E-state index < -0.39 is 10.0 Å². The van der Waals surface area contributed by atoms with Gasteiger partial charge in [-0.1, -0.05) is 24.3 Å². The van der Waals surface area contributed by atoms with Gasteiger partial charge in [0.05, 0.1) is 5.75 Å². The van der Waals surface area contributed by atoms with E-state index in [1.807, 2.05) is 24.3 Å². The molecule has 0 N–H and O–H groups in total. The molecule has 4 nitrogen and oxygen atoms in total. The molecular weight excluding hydrogens is 308 g/mol. The molecule has 1 atom stereocenters. The highest BCUT2D eigenvalue weighted by Gasteiger charge is 2.35. The van der Waals surface area contributed by atoms with Gasteiger partial charge in [0.15, 0.2) is 0 Å². The summed E-state index contributed by atoms with van der Waals surface area (Å²) >= 11 is 5.75. The topological polar surface area (TPSA) is 40.6 Å². The molecule has 21 heavy (non-hydrogen) atoms. The first-order valence-corrected chi connectivity index (χ1v) is 9.58. The van der Waals surface area contributed by atoms with E-state index in [-0.39, 0.29) is 5.75 Å². The number of benzene rings is 1. The van der Waals surface area contributed by atoms with Crippen LogP contribution >= 0.6 is 11.6 Å². The van der Waals surface area contributed by atoms with Crippen molar-refractivity contribution < 1.29 is 8.42 Å². The zero-order chi connectivity index (χ0) is 14.9. The third-order valence-corrected chi connectivity index (χ3v) is 6.59. The van der Waals surface area contributed by atoms with Crippen molar-refractivity contribution in [3.05, 3.63) is 35.4 Å². The smallest absolute Gasteiger partial charge is 0.218 e. The molecule has 0 aromatic heterocycles. The molecule has 0 bridgehead atoms. The standard InChI is InChI=1S/C15H21ClN2O2S/c16-10-13-3-5-14(6-4-13)12-21(19,20)18-9-8-17-7-1-2-15(17)11-18/h3-6,15H,1-2,7-12H2.